The van der Waals surface area contributed by atoms with Gasteiger partial charge >= 0.3 is 0 Å². The maximum Gasteiger partial charge on any atom is 0.243 e. The van der Waals surface area contributed by atoms with Crippen molar-refractivity contribution >= 4 is 27.0 Å². The summed E-state index contributed by atoms with van der Waals surface area (Å²) in [7, 11) is -3.47. The number of sulfonamides is 1. The molecule has 0 unspecified atom stereocenters. The maximum atomic E-state index is 12.8. The summed E-state index contributed by atoms with van der Waals surface area (Å²) in [5, 5.41) is 1.97. The molecule has 1 saturated carbocycles. The predicted octanol–water partition coefficient (Wildman–Crippen LogP) is 2.39. The molecule has 7 heteroatoms. The van der Waals surface area contributed by atoms with Gasteiger partial charge in [0.25, 0.3) is 0 Å². The van der Waals surface area contributed by atoms with Gasteiger partial charge in [0.15, 0.2) is 0 Å². The number of thiophene rings is 1. The average Bonchev–Trinajstić information content (AvgIpc) is 3.20. The molecule has 0 amide bonds. The number of anilines is 1. The van der Waals surface area contributed by atoms with Gasteiger partial charge in [-0.2, -0.15) is 4.31 Å². The Morgan fingerprint density at radius 3 is 2.48 bits per heavy atom. The van der Waals surface area contributed by atoms with Gasteiger partial charge in [0.05, 0.1) is 4.90 Å². The fourth-order valence-corrected chi connectivity index (χ4v) is 4.64. The lowest BCUT2D eigenvalue weighted by Gasteiger charge is -2.21. The number of hydrogen-bond acceptors (Lipinski definition) is 5. The van der Waals surface area contributed by atoms with Crippen LogP contribution in [0.2, 0.25) is 0 Å². The molecule has 2 aromatic rings. The van der Waals surface area contributed by atoms with Gasteiger partial charge < -0.3 is 5.43 Å². The van der Waals surface area contributed by atoms with Crippen molar-refractivity contribution in [1.29, 1.82) is 0 Å². The molecular weight excluding hydrogens is 306 g/mol. The summed E-state index contributed by atoms with van der Waals surface area (Å²) in [4.78, 5) is 1.37. The van der Waals surface area contributed by atoms with Crippen LogP contribution in [0.3, 0.4) is 0 Å². The van der Waals surface area contributed by atoms with Crippen LogP contribution in [0, 0.1) is 0 Å². The Kier molecular flexibility index (Phi) is 3.99. The van der Waals surface area contributed by atoms with Crippen molar-refractivity contribution in [3.8, 4) is 0 Å². The smallest absolute Gasteiger partial charge is 0.243 e. The Bertz CT molecular complexity index is 692. The largest absolute Gasteiger partial charge is 0.324 e. The van der Waals surface area contributed by atoms with Crippen LogP contribution in [0.25, 0.3) is 0 Å². The Morgan fingerprint density at radius 2 is 1.95 bits per heavy atom. The van der Waals surface area contributed by atoms with Crippen molar-refractivity contribution in [2.45, 2.75) is 30.3 Å². The van der Waals surface area contributed by atoms with E-state index in [2.05, 4.69) is 5.43 Å². The lowest BCUT2D eigenvalue weighted by Crippen LogP contribution is -2.32. The van der Waals surface area contributed by atoms with Crippen molar-refractivity contribution in [1.82, 2.24) is 4.31 Å². The summed E-state index contributed by atoms with van der Waals surface area (Å²) >= 11 is 1.58. The molecule has 112 valence electrons. The molecule has 1 aromatic carbocycles. The second-order valence-corrected chi connectivity index (χ2v) is 7.95. The van der Waals surface area contributed by atoms with Crippen molar-refractivity contribution in [3.05, 3.63) is 46.7 Å². The zero-order valence-corrected chi connectivity index (χ0v) is 13.0. The van der Waals surface area contributed by atoms with E-state index in [1.54, 1.807) is 39.9 Å². The molecule has 1 heterocycles. The lowest BCUT2D eigenvalue weighted by molar-refractivity contribution is 0.401. The van der Waals surface area contributed by atoms with Crippen LogP contribution in [0.4, 0.5) is 5.69 Å². The molecule has 1 fully saturated rings. The lowest BCUT2D eigenvalue weighted by atomic mass is 10.3. The van der Waals surface area contributed by atoms with Crippen LogP contribution in [-0.4, -0.2) is 18.8 Å². The van der Waals surface area contributed by atoms with Gasteiger partial charge in [0.2, 0.25) is 10.0 Å². The topological polar surface area (TPSA) is 75.4 Å². The third-order valence-corrected chi connectivity index (χ3v) is 6.25. The summed E-state index contributed by atoms with van der Waals surface area (Å²) in [5.74, 6) is 5.31. The van der Waals surface area contributed by atoms with Crippen molar-refractivity contribution in [2.24, 2.45) is 5.84 Å². The Labute approximate surface area is 128 Å². The number of rotatable bonds is 6. The minimum atomic E-state index is -3.47. The molecule has 0 saturated heterocycles. The zero-order valence-electron chi connectivity index (χ0n) is 11.4. The molecule has 1 aliphatic carbocycles. The highest BCUT2D eigenvalue weighted by atomic mass is 32.2. The summed E-state index contributed by atoms with van der Waals surface area (Å²) in [5.41, 5.74) is 3.18. The number of hydrazine groups is 1. The van der Waals surface area contributed by atoms with Crippen molar-refractivity contribution in [3.63, 3.8) is 0 Å². The first kappa shape index (κ1) is 14.5. The SMILES string of the molecule is NNc1ccc(S(=O)(=O)N(Cc2cccs2)C2CC2)cc1. The van der Waals surface area contributed by atoms with Gasteiger partial charge in [-0.3, -0.25) is 5.84 Å². The first-order valence-electron chi connectivity index (χ1n) is 6.72. The zero-order chi connectivity index (χ0) is 14.9. The summed E-state index contributed by atoms with van der Waals surface area (Å²) in [6, 6.07) is 10.6. The van der Waals surface area contributed by atoms with Crippen LogP contribution < -0.4 is 11.3 Å². The Balaban J connectivity index is 1.89. The number of nitrogens with one attached hydrogen (secondary N) is 1. The molecule has 3 rings (SSSR count). The second kappa shape index (κ2) is 5.76. The average molecular weight is 323 g/mol. The molecule has 1 aliphatic rings. The quantitative estimate of drug-likeness (QED) is 0.632. The van der Waals surface area contributed by atoms with Crippen molar-refractivity contribution in [2.75, 3.05) is 5.43 Å². The molecule has 21 heavy (non-hydrogen) atoms. The molecule has 1 aromatic heterocycles. The molecule has 0 radical (unpaired) electrons. The number of hydrogen-bond donors (Lipinski definition) is 2. The van der Waals surface area contributed by atoms with Crippen LogP contribution in [-0.2, 0) is 16.6 Å². The van der Waals surface area contributed by atoms with Gasteiger partial charge in [0.1, 0.15) is 0 Å². The van der Waals surface area contributed by atoms with Crippen LogP contribution in [0.5, 0.6) is 0 Å². The van der Waals surface area contributed by atoms with Gasteiger partial charge in [-0.05, 0) is 48.6 Å². The van der Waals surface area contributed by atoms with E-state index < -0.39 is 10.0 Å². The van der Waals surface area contributed by atoms with Crippen LogP contribution in [0.1, 0.15) is 17.7 Å². The highest BCUT2D eigenvalue weighted by molar-refractivity contribution is 7.89. The molecule has 0 aliphatic heterocycles. The van der Waals surface area contributed by atoms with E-state index in [1.165, 1.54) is 0 Å². The van der Waals surface area contributed by atoms with Crippen molar-refractivity contribution < 1.29 is 8.42 Å². The minimum absolute atomic E-state index is 0.129. The summed E-state index contributed by atoms with van der Waals surface area (Å²) < 4.78 is 27.3. The molecule has 5 nitrogen and oxygen atoms in total. The Hall–Kier alpha value is -1.41. The van der Waals surface area contributed by atoms with Gasteiger partial charge in [0, 0.05) is 23.2 Å². The van der Waals surface area contributed by atoms with E-state index >= 15 is 0 Å². The molecule has 0 bridgehead atoms. The van der Waals surface area contributed by atoms with Crippen LogP contribution >= 0.6 is 11.3 Å². The van der Waals surface area contributed by atoms with E-state index in [1.807, 2.05) is 17.5 Å². The third-order valence-electron chi connectivity index (χ3n) is 3.47. The molecule has 0 spiro atoms. The van der Waals surface area contributed by atoms with E-state index in [-0.39, 0.29) is 6.04 Å². The number of nitrogens with zero attached hydrogens (tertiary/aromatic N) is 1. The Morgan fingerprint density at radius 1 is 1.24 bits per heavy atom. The van der Waals surface area contributed by atoms with E-state index in [4.69, 9.17) is 5.84 Å². The summed E-state index contributed by atoms with van der Waals surface area (Å²) in [6.45, 7) is 0.446. The monoisotopic (exact) mass is 323 g/mol. The van der Waals surface area contributed by atoms with E-state index in [0.717, 1.165) is 17.7 Å². The first-order valence-corrected chi connectivity index (χ1v) is 9.04. The van der Waals surface area contributed by atoms with Crippen LogP contribution in [0.15, 0.2) is 46.7 Å². The molecule has 3 N–H and O–H groups in total. The van der Waals surface area contributed by atoms with E-state index in [0.29, 0.717) is 17.1 Å². The number of nitrogen functional groups attached to an aromatic ring is 1. The van der Waals surface area contributed by atoms with Gasteiger partial charge in [-0.15, -0.1) is 11.3 Å². The minimum Gasteiger partial charge on any atom is -0.324 e. The van der Waals surface area contributed by atoms with Gasteiger partial charge in [-0.1, -0.05) is 6.07 Å². The van der Waals surface area contributed by atoms with E-state index in [9.17, 15) is 8.42 Å². The molecular formula is C14H17N3O2S2. The normalized spacial score (nSPS) is 15.3. The highest BCUT2D eigenvalue weighted by Crippen LogP contribution is 2.34. The number of nitrogens with two attached hydrogens (primary N) is 1. The predicted molar refractivity (Wildman–Crippen MR) is 84.3 cm³/mol. The fraction of sp³-hybridized carbons (Fsp3) is 0.286. The fourth-order valence-electron chi connectivity index (χ4n) is 2.19. The molecule has 0 atom stereocenters. The first-order chi connectivity index (χ1) is 10.1. The third kappa shape index (κ3) is 3.11. The maximum absolute atomic E-state index is 12.8. The number of benzene rings is 1. The highest BCUT2D eigenvalue weighted by Gasteiger charge is 2.38. The van der Waals surface area contributed by atoms with Gasteiger partial charge in [-0.25, -0.2) is 8.42 Å². The summed E-state index contributed by atoms with van der Waals surface area (Å²) in [6.07, 6.45) is 1.88. The second-order valence-electron chi connectivity index (χ2n) is 5.03. The standard InChI is InChI=1S/C14H17N3O2S2/c15-16-11-3-7-14(8-4-11)21(18,19)17(12-5-6-12)10-13-2-1-9-20-13/h1-4,7-9,12,16H,5-6,10,15H2.